The third-order valence-electron chi connectivity index (χ3n) is 3.88. The van der Waals surface area contributed by atoms with Crippen LogP contribution in [0, 0.1) is 5.92 Å². The number of rotatable bonds is 6. The molecule has 0 heterocycles. The Morgan fingerprint density at radius 3 is 2.85 bits per heavy atom. The second kappa shape index (κ2) is 7.29. The molecule has 2 atom stereocenters. The van der Waals surface area contributed by atoms with Gasteiger partial charge in [-0.05, 0) is 31.4 Å². The first-order valence-corrected chi connectivity index (χ1v) is 7.51. The summed E-state index contributed by atoms with van der Waals surface area (Å²) < 4.78 is 0. The summed E-state index contributed by atoms with van der Waals surface area (Å²) in [5.41, 5.74) is 1.55. The summed E-state index contributed by atoms with van der Waals surface area (Å²) >= 11 is 0. The highest BCUT2D eigenvalue weighted by atomic mass is 16.3. The van der Waals surface area contributed by atoms with E-state index in [0.717, 1.165) is 37.9 Å². The normalized spacial score (nSPS) is 21.7. The maximum atomic E-state index is 12.3. The van der Waals surface area contributed by atoms with Gasteiger partial charge in [0.15, 0.2) is 0 Å². The van der Waals surface area contributed by atoms with Crippen molar-refractivity contribution in [3.8, 4) is 0 Å². The topological polar surface area (TPSA) is 61.4 Å². The summed E-state index contributed by atoms with van der Waals surface area (Å²) in [7, 11) is 0. The molecule has 0 radical (unpaired) electrons. The van der Waals surface area contributed by atoms with Gasteiger partial charge in [0.1, 0.15) is 0 Å². The minimum atomic E-state index is -0.260. The first kappa shape index (κ1) is 14.9. The molecular weight excluding hydrogens is 252 g/mol. The Labute approximate surface area is 120 Å². The van der Waals surface area contributed by atoms with Gasteiger partial charge in [0.25, 0.3) is 5.91 Å². The van der Waals surface area contributed by atoms with Gasteiger partial charge in [-0.25, -0.2) is 0 Å². The van der Waals surface area contributed by atoms with Gasteiger partial charge in [-0.15, -0.1) is 0 Å². The van der Waals surface area contributed by atoms with Crippen LogP contribution in [-0.4, -0.2) is 30.2 Å². The van der Waals surface area contributed by atoms with Crippen LogP contribution in [0.3, 0.4) is 0 Å². The SMILES string of the molecule is CCCNc1ccccc1C(=O)NCC1CCCC1O. The van der Waals surface area contributed by atoms with Crippen LogP contribution >= 0.6 is 0 Å². The van der Waals surface area contributed by atoms with E-state index in [1.54, 1.807) is 0 Å². The number of hydrogen-bond donors (Lipinski definition) is 3. The number of para-hydroxylation sites is 1. The smallest absolute Gasteiger partial charge is 0.253 e. The Balaban J connectivity index is 1.94. The van der Waals surface area contributed by atoms with Crippen LogP contribution in [0.4, 0.5) is 5.69 Å². The van der Waals surface area contributed by atoms with Crippen molar-refractivity contribution in [2.45, 2.75) is 38.7 Å². The minimum Gasteiger partial charge on any atom is -0.393 e. The minimum absolute atomic E-state index is 0.0664. The van der Waals surface area contributed by atoms with E-state index in [1.807, 2.05) is 24.3 Å². The van der Waals surface area contributed by atoms with E-state index >= 15 is 0 Å². The van der Waals surface area contributed by atoms with Crippen molar-refractivity contribution in [1.29, 1.82) is 0 Å². The molecule has 3 N–H and O–H groups in total. The van der Waals surface area contributed by atoms with E-state index in [-0.39, 0.29) is 17.9 Å². The van der Waals surface area contributed by atoms with Crippen LogP contribution in [0.15, 0.2) is 24.3 Å². The first-order valence-electron chi connectivity index (χ1n) is 7.51. The van der Waals surface area contributed by atoms with Gasteiger partial charge in [-0.2, -0.15) is 0 Å². The van der Waals surface area contributed by atoms with Gasteiger partial charge >= 0.3 is 0 Å². The zero-order valence-electron chi connectivity index (χ0n) is 12.1. The highest BCUT2D eigenvalue weighted by molar-refractivity contribution is 5.99. The van der Waals surface area contributed by atoms with E-state index in [4.69, 9.17) is 0 Å². The summed E-state index contributed by atoms with van der Waals surface area (Å²) in [5, 5.41) is 16.0. The molecule has 110 valence electrons. The fourth-order valence-electron chi connectivity index (χ4n) is 2.67. The van der Waals surface area contributed by atoms with Crippen molar-refractivity contribution >= 4 is 11.6 Å². The molecule has 0 aromatic heterocycles. The van der Waals surface area contributed by atoms with E-state index < -0.39 is 0 Å². The van der Waals surface area contributed by atoms with E-state index in [9.17, 15) is 9.90 Å². The maximum absolute atomic E-state index is 12.3. The molecule has 1 aliphatic rings. The number of anilines is 1. The third-order valence-corrected chi connectivity index (χ3v) is 3.88. The molecule has 0 spiro atoms. The maximum Gasteiger partial charge on any atom is 0.253 e. The van der Waals surface area contributed by atoms with E-state index in [2.05, 4.69) is 17.6 Å². The van der Waals surface area contributed by atoms with Crippen LogP contribution in [0.25, 0.3) is 0 Å². The molecule has 0 aliphatic heterocycles. The van der Waals surface area contributed by atoms with Crippen molar-refractivity contribution in [1.82, 2.24) is 5.32 Å². The average molecular weight is 276 g/mol. The number of nitrogens with one attached hydrogen (secondary N) is 2. The van der Waals surface area contributed by atoms with Crippen molar-refractivity contribution < 1.29 is 9.90 Å². The Hall–Kier alpha value is -1.55. The molecule has 20 heavy (non-hydrogen) atoms. The Morgan fingerprint density at radius 1 is 1.35 bits per heavy atom. The molecule has 1 fully saturated rings. The second-order valence-electron chi connectivity index (χ2n) is 5.44. The number of amides is 1. The number of carbonyl (C=O) groups is 1. The van der Waals surface area contributed by atoms with Crippen LogP contribution < -0.4 is 10.6 Å². The van der Waals surface area contributed by atoms with Crippen molar-refractivity contribution in [2.75, 3.05) is 18.4 Å². The standard InChI is InChI=1S/C16H24N2O2/c1-2-10-17-14-8-4-3-7-13(14)16(20)18-11-12-6-5-9-15(12)19/h3-4,7-8,12,15,17,19H,2,5-6,9-11H2,1H3,(H,18,20). The molecule has 4 heteroatoms. The van der Waals surface area contributed by atoms with Crippen LogP contribution in [0.1, 0.15) is 43.0 Å². The molecule has 1 aromatic rings. The molecule has 1 aliphatic carbocycles. The number of aliphatic hydroxyl groups is 1. The van der Waals surface area contributed by atoms with Gasteiger partial charge in [0.2, 0.25) is 0 Å². The number of benzene rings is 1. The van der Waals surface area contributed by atoms with Gasteiger partial charge < -0.3 is 15.7 Å². The van der Waals surface area contributed by atoms with Crippen molar-refractivity contribution in [2.24, 2.45) is 5.92 Å². The summed E-state index contributed by atoms with van der Waals surface area (Å²) in [6.45, 7) is 3.50. The van der Waals surface area contributed by atoms with Crippen molar-refractivity contribution in [3.63, 3.8) is 0 Å². The molecule has 2 rings (SSSR count). The van der Waals surface area contributed by atoms with E-state index in [0.29, 0.717) is 12.1 Å². The average Bonchev–Trinajstić information content (AvgIpc) is 2.88. The van der Waals surface area contributed by atoms with Gasteiger partial charge in [-0.1, -0.05) is 25.5 Å². The molecular formula is C16H24N2O2. The predicted molar refractivity (Wildman–Crippen MR) is 80.9 cm³/mol. The predicted octanol–water partition coefficient (Wildman–Crippen LogP) is 2.40. The molecule has 1 aromatic carbocycles. The zero-order chi connectivity index (χ0) is 14.4. The lowest BCUT2D eigenvalue weighted by Gasteiger charge is -2.16. The summed E-state index contributed by atoms with van der Waals surface area (Å²) in [4.78, 5) is 12.3. The molecule has 2 unspecified atom stereocenters. The lowest BCUT2D eigenvalue weighted by molar-refractivity contribution is 0.0917. The summed E-state index contributed by atoms with van der Waals surface area (Å²) in [6.07, 6.45) is 3.66. The molecule has 0 saturated heterocycles. The molecule has 4 nitrogen and oxygen atoms in total. The zero-order valence-corrected chi connectivity index (χ0v) is 12.1. The van der Waals surface area contributed by atoms with Crippen LogP contribution in [0.2, 0.25) is 0 Å². The van der Waals surface area contributed by atoms with Crippen LogP contribution in [-0.2, 0) is 0 Å². The lowest BCUT2D eigenvalue weighted by Crippen LogP contribution is -2.32. The first-order chi connectivity index (χ1) is 9.72. The molecule has 0 bridgehead atoms. The number of carbonyl (C=O) groups excluding carboxylic acids is 1. The van der Waals surface area contributed by atoms with Gasteiger partial charge in [0, 0.05) is 24.7 Å². The largest absolute Gasteiger partial charge is 0.393 e. The van der Waals surface area contributed by atoms with E-state index in [1.165, 1.54) is 0 Å². The highest BCUT2D eigenvalue weighted by Gasteiger charge is 2.25. The monoisotopic (exact) mass is 276 g/mol. The second-order valence-corrected chi connectivity index (χ2v) is 5.44. The quantitative estimate of drug-likeness (QED) is 0.747. The number of aliphatic hydroxyl groups excluding tert-OH is 1. The van der Waals surface area contributed by atoms with Gasteiger partial charge in [0.05, 0.1) is 11.7 Å². The summed E-state index contributed by atoms with van der Waals surface area (Å²) in [6, 6.07) is 7.55. The fourth-order valence-corrected chi connectivity index (χ4v) is 2.67. The highest BCUT2D eigenvalue weighted by Crippen LogP contribution is 2.25. The molecule has 1 saturated carbocycles. The third kappa shape index (κ3) is 3.73. The Bertz CT molecular complexity index is 448. The Kier molecular flexibility index (Phi) is 5.41. The van der Waals surface area contributed by atoms with Crippen LogP contribution in [0.5, 0.6) is 0 Å². The van der Waals surface area contributed by atoms with Crippen molar-refractivity contribution in [3.05, 3.63) is 29.8 Å². The number of hydrogen-bond acceptors (Lipinski definition) is 3. The van der Waals surface area contributed by atoms with Gasteiger partial charge in [-0.3, -0.25) is 4.79 Å². The Morgan fingerprint density at radius 2 is 2.15 bits per heavy atom. The molecule has 1 amide bonds. The fraction of sp³-hybridized carbons (Fsp3) is 0.562. The lowest BCUT2D eigenvalue weighted by atomic mass is 10.1. The summed E-state index contributed by atoms with van der Waals surface area (Å²) in [5.74, 6) is 0.137.